The number of ether oxygens (including phenoxy) is 3. The van der Waals surface area contributed by atoms with Gasteiger partial charge in [0.15, 0.2) is 0 Å². The Labute approximate surface area is 122 Å². The van der Waals surface area contributed by atoms with Crippen LogP contribution in [0.4, 0.5) is 0 Å². The number of hydrogen-bond donors (Lipinski definition) is 1. The van der Waals surface area contributed by atoms with Gasteiger partial charge in [0.2, 0.25) is 0 Å². The van der Waals surface area contributed by atoms with Crippen LogP contribution in [0.1, 0.15) is 26.3 Å². The third-order valence-corrected chi connectivity index (χ3v) is 3.21. The van der Waals surface area contributed by atoms with Crippen molar-refractivity contribution in [2.75, 3.05) is 34.5 Å². The molecule has 0 heterocycles. The van der Waals surface area contributed by atoms with Crippen molar-refractivity contribution in [3.63, 3.8) is 0 Å². The number of benzene rings is 1. The van der Waals surface area contributed by atoms with Crippen molar-refractivity contribution >= 4 is 0 Å². The molecule has 0 aliphatic heterocycles. The molecule has 1 N–H and O–H groups in total. The van der Waals surface area contributed by atoms with Gasteiger partial charge >= 0.3 is 0 Å². The van der Waals surface area contributed by atoms with Crippen LogP contribution in [-0.2, 0) is 10.2 Å². The zero-order valence-corrected chi connectivity index (χ0v) is 13.4. The molecular formula is C16H27NO3. The van der Waals surface area contributed by atoms with Crippen LogP contribution in [0.25, 0.3) is 0 Å². The fourth-order valence-electron chi connectivity index (χ4n) is 1.95. The molecule has 0 aromatic heterocycles. The van der Waals surface area contributed by atoms with Crippen molar-refractivity contribution < 1.29 is 14.2 Å². The van der Waals surface area contributed by atoms with Crippen LogP contribution < -0.4 is 14.8 Å². The average Bonchev–Trinajstić information content (AvgIpc) is 2.42. The van der Waals surface area contributed by atoms with Crippen LogP contribution in [0.3, 0.4) is 0 Å². The molecule has 1 aromatic carbocycles. The second-order valence-corrected chi connectivity index (χ2v) is 5.86. The van der Waals surface area contributed by atoms with Crippen LogP contribution in [0.15, 0.2) is 18.2 Å². The first-order valence-electron chi connectivity index (χ1n) is 6.90. The number of likely N-dealkylation sites (N-methyl/N-ethyl adjacent to an activating group) is 1. The van der Waals surface area contributed by atoms with Crippen molar-refractivity contribution in [3.05, 3.63) is 23.8 Å². The molecule has 4 heteroatoms. The standard InChI is InChI=1S/C16H27NO3/c1-16(2,3)14-9-13(19-6)7-8-15(14)20-11-12(17-4)10-18-5/h7-9,12,17H,10-11H2,1-6H3. The first-order chi connectivity index (χ1) is 9.42. The van der Waals surface area contributed by atoms with Gasteiger partial charge in [0.05, 0.1) is 19.8 Å². The fraction of sp³-hybridized carbons (Fsp3) is 0.625. The van der Waals surface area contributed by atoms with Gasteiger partial charge in [0, 0.05) is 12.7 Å². The molecule has 4 nitrogen and oxygen atoms in total. The minimum atomic E-state index is 0.000267. The van der Waals surface area contributed by atoms with E-state index in [9.17, 15) is 0 Å². The Hall–Kier alpha value is -1.26. The van der Waals surface area contributed by atoms with E-state index < -0.39 is 0 Å². The lowest BCUT2D eigenvalue weighted by atomic mass is 9.86. The highest BCUT2D eigenvalue weighted by Crippen LogP contribution is 2.34. The lowest BCUT2D eigenvalue weighted by Crippen LogP contribution is -2.36. The molecule has 0 amide bonds. The van der Waals surface area contributed by atoms with E-state index in [0.717, 1.165) is 17.1 Å². The molecule has 0 bridgehead atoms. The lowest BCUT2D eigenvalue weighted by molar-refractivity contribution is 0.139. The Kier molecular flexibility index (Phi) is 6.30. The highest BCUT2D eigenvalue weighted by Gasteiger charge is 2.20. The molecule has 0 fully saturated rings. The van der Waals surface area contributed by atoms with Gasteiger partial charge in [-0.1, -0.05) is 20.8 Å². The van der Waals surface area contributed by atoms with Gasteiger partial charge in [0.1, 0.15) is 18.1 Å². The Balaban J connectivity index is 2.88. The van der Waals surface area contributed by atoms with E-state index >= 15 is 0 Å². The first-order valence-corrected chi connectivity index (χ1v) is 6.90. The molecule has 20 heavy (non-hydrogen) atoms. The molecule has 1 atom stereocenters. The SMILES string of the molecule is CNC(COC)COc1ccc(OC)cc1C(C)(C)C. The molecular weight excluding hydrogens is 254 g/mol. The molecule has 0 aliphatic rings. The Morgan fingerprint density at radius 1 is 1.15 bits per heavy atom. The van der Waals surface area contributed by atoms with E-state index in [1.807, 2.05) is 25.2 Å². The third kappa shape index (κ3) is 4.69. The van der Waals surface area contributed by atoms with E-state index in [1.165, 1.54) is 0 Å². The predicted octanol–water partition coefficient (Wildman–Crippen LogP) is 2.61. The number of methoxy groups -OCH3 is 2. The number of nitrogens with one attached hydrogen (secondary N) is 1. The normalized spacial score (nSPS) is 13.1. The van der Waals surface area contributed by atoms with Crippen molar-refractivity contribution in [2.45, 2.75) is 32.2 Å². The van der Waals surface area contributed by atoms with E-state index in [2.05, 4.69) is 26.1 Å². The second kappa shape index (κ2) is 7.50. The lowest BCUT2D eigenvalue weighted by Gasteiger charge is -2.25. The average molecular weight is 281 g/mol. The minimum Gasteiger partial charge on any atom is -0.497 e. The van der Waals surface area contributed by atoms with E-state index in [1.54, 1.807) is 14.2 Å². The molecule has 0 saturated heterocycles. The molecule has 114 valence electrons. The second-order valence-electron chi connectivity index (χ2n) is 5.86. The molecule has 0 spiro atoms. The molecule has 1 aromatic rings. The van der Waals surface area contributed by atoms with Gasteiger partial charge in [-0.15, -0.1) is 0 Å². The van der Waals surface area contributed by atoms with E-state index in [0.29, 0.717) is 13.2 Å². The molecule has 1 unspecified atom stereocenters. The minimum absolute atomic E-state index is 0.000267. The third-order valence-electron chi connectivity index (χ3n) is 3.21. The molecule has 0 saturated carbocycles. The largest absolute Gasteiger partial charge is 0.497 e. The Morgan fingerprint density at radius 3 is 2.35 bits per heavy atom. The highest BCUT2D eigenvalue weighted by atomic mass is 16.5. The van der Waals surface area contributed by atoms with Crippen molar-refractivity contribution in [1.82, 2.24) is 5.32 Å². The summed E-state index contributed by atoms with van der Waals surface area (Å²) in [6.45, 7) is 7.69. The summed E-state index contributed by atoms with van der Waals surface area (Å²) in [5, 5.41) is 3.18. The maximum atomic E-state index is 5.97. The van der Waals surface area contributed by atoms with Crippen molar-refractivity contribution in [2.24, 2.45) is 0 Å². The van der Waals surface area contributed by atoms with Gasteiger partial charge in [-0.2, -0.15) is 0 Å². The highest BCUT2D eigenvalue weighted by molar-refractivity contribution is 5.44. The topological polar surface area (TPSA) is 39.7 Å². The number of hydrogen-bond acceptors (Lipinski definition) is 4. The van der Waals surface area contributed by atoms with Gasteiger partial charge < -0.3 is 19.5 Å². The summed E-state index contributed by atoms with van der Waals surface area (Å²) >= 11 is 0. The van der Waals surface area contributed by atoms with Crippen LogP contribution in [0.5, 0.6) is 11.5 Å². The zero-order valence-electron chi connectivity index (χ0n) is 13.4. The quantitative estimate of drug-likeness (QED) is 0.834. The molecule has 0 radical (unpaired) electrons. The maximum Gasteiger partial charge on any atom is 0.123 e. The van der Waals surface area contributed by atoms with Crippen LogP contribution in [0, 0.1) is 0 Å². The van der Waals surface area contributed by atoms with Gasteiger partial charge in [-0.05, 0) is 30.7 Å². The summed E-state index contributed by atoms with van der Waals surface area (Å²) in [4.78, 5) is 0. The Bertz CT molecular complexity index is 413. The summed E-state index contributed by atoms with van der Waals surface area (Å²) in [7, 11) is 5.28. The Morgan fingerprint density at radius 2 is 1.85 bits per heavy atom. The van der Waals surface area contributed by atoms with Gasteiger partial charge in [-0.25, -0.2) is 0 Å². The monoisotopic (exact) mass is 281 g/mol. The first kappa shape index (κ1) is 16.8. The summed E-state index contributed by atoms with van der Waals surface area (Å²) in [5.41, 5.74) is 1.14. The van der Waals surface area contributed by atoms with Crippen LogP contribution in [-0.4, -0.2) is 40.5 Å². The summed E-state index contributed by atoms with van der Waals surface area (Å²) in [5.74, 6) is 1.75. The molecule has 0 aliphatic carbocycles. The van der Waals surface area contributed by atoms with Crippen LogP contribution >= 0.6 is 0 Å². The smallest absolute Gasteiger partial charge is 0.123 e. The summed E-state index contributed by atoms with van der Waals surface area (Å²) in [6, 6.07) is 6.11. The van der Waals surface area contributed by atoms with E-state index in [-0.39, 0.29) is 11.5 Å². The number of rotatable bonds is 7. The van der Waals surface area contributed by atoms with E-state index in [4.69, 9.17) is 14.2 Å². The van der Waals surface area contributed by atoms with Gasteiger partial charge in [0.25, 0.3) is 0 Å². The van der Waals surface area contributed by atoms with Crippen molar-refractivity contribution in [3.8, 4) is 11.5 Å². The van der Waals surface area contributed by atoms with Crippen molar-refractivity contribution in [1.29, 1.82) is 0 Å². The zero-order chi connectivity index (χ0) is 15.2. The molecule has 1 rings (SSSR count). The van der Waals surface area contributed by atoms with Gasteiger partial charge in [-0.3, -0.25) is 0 Å². The summed E-state index contributed by atoms with van der Waals surface area (Å²) < 4.78 is 16.4. The van der Waals surface area contributed by atoms with Crippen LogP contribution in [0.2, 0.25) is 0 Å². The maximum absolute atomic E-state index is 5.97. The predicted molar refractivity (Wildman–Crippen MR) is 81.9 cm³/mol. The fourth-order valence-corrected chi connectivity index (χ4v) is 1.95. The summed E-state index contributed by atoms with van der Waals surface area (Å²) in [6.07, 6.45) is 0.